The first kappa shape index (κ1) is 19.9. The van der Waals surface area contributed by atoms with Crippen LogP contribution < -0.4 is 10.6 Å². The monoisotopic (exact) mass is 393 g/mol. The molecule has 1 aliphatic rings. The normalized spacial score (nSPS) is 14.4. The number of carbonyl (C=O) groups is 1. The Labute approximate surface area is 161 Å². The quantitative estimate of drug-likeness (QED) is 0.672. The van der Waals surface area contributed by atoms with Gasteiger partial charge >= 0.3 is 6.18 Å². The number of alkyl halides is 3. The van der Waals surface area contributed by atoms with Crippen LogP contribution in [-0.4, -0.2) is 40.4 Å². The van der Waals surface area contributed by atoms with Crippen molar-refractivity contribution in [2.45, 2.75) is 32.0 Å². The fourth-order valence-electron chi connectivity index (χ4n) is 3.03. The summed E-state index contributed by atoms with van der Waals surface area (Å²) in [6.45, 7) is 2.43. The van der Waals surface area contributed by atoms with Crippen LogP contribution in [0.25, 0.3) is 0 Å². The number of halogens is 3. The molecule has 28 heavy (non-hydrogen) atoms. The van der Waals surface area contributed by atoms with Crippen molar-refractivity contribution in [3.05, 3.63) is 47.8 Å². The first-order chi connectivity index (χ1) is 13.4. The Hall–Kier alpha value is -2.84. The third-order valence-electron chi connectivity index (χ3n) is 4.48. The van der Waals surface area contributed by atoms with Crippen molar-refractivity contribution in [2.24, 2.45) is 0 Å². The van der Waals surface area contributed by atoms with E-state index in [1.165, 1.54) is 12.4 Å². The van der Waals surface area contributed by atoms with Gasteiger partial charge in [0.25, 0.3) is 0 Å². The minimum atomic E-state index is -4.36. The SMILES string of the molecule is O=C1CCCN1CCCNc1cc(NCc2cccc(C(F)(F)F)c2)ncn1. The smallest absolute Gasteiger partial charge is 0.370 e. The van der Waals surface area contributed by atoms with Crippen molar-refractivity contribution in [1.82, 2.24) is 14.9 Å². The van der Waals surface area contributed by atoms with E-state index in [0.717, 1.165) is 38.1 Å². The predicted molar refractivity (Wildman–Crippen MR) is 99.7 cm³/mol. The number of anilines is 2. The van der Waals surface area contributed by atoms with Crippen LogP contribution in [0.2, 0.25) is 0 Å². The van der Waals surface area contributed by atoms with Crippen LogP contribution in [0.5, 0.6) is 0 Å². The molecule has 0 aliphatic carbocycles. The van der Waals surface area contributed by atoms with E-state index < -0.39 is 11.7 Å². The van der Waals surface area contributed by atoms with E-state index in [4.69, 9.17) is 0 Å². The van der Waals surface area contributed by atoms with E-state index in [0.29, 0.717) is 30.2 Å². The van der Waals surface area contributed by atoms with Gasteiger partial charge in [-0.3, -0.25) is 4.79 Å². The van der Waals surface area contributed by atoms with Gasteiger partial charge in [-0.15, -0.1) is 0 Å². The number of hydrogen-bond acceptors (Lipinski definition) is 5. The van der Waals surface area contributed by atoms with Crippen molar-refractivity contribution in [2.75, 3.05) is 30.3 Å². The minimum Gasteiger partial charge on any atom is -0.370 e. The second-order valence-electron chi connectivity index (χ2n) is 6.60. The van der Waals surface area contributed by atoms with Crippen LogP contribution in [0.4, 0.5) is 24.8 Å². The summed E-state index contributed by atoms with van der Waals surface area (Å²) in [6, 6.07) is 6.88. The van der Waals surface area contributed by atoms with Crippen LogP contribution in [0.15, 0.2) is 36.7 Å². The largest absolute Gasteiger partial charge is 0.416 e. The summed E-state index contributed by atoms with van der Waals surface area (Å²) in [6.07, 6.45) is -0.593. The zero-order valence-electron chi connectivity index (χ0n) is 15.3. The summed E-state index contributed by atoms with van der Waals surface area (Å²) in [5, 5.41) is 6.18. The third-order valence-corrected chi connectivity index (χ3v) is 4.48. The molecule has 0 radical (unpaired) electrons. The maximum atomic E-state index is 12.8. The van der Waals surface area contributed by atoms with Crippen molar-refractivity contribution in [1.29, 1.82) is 0 Å². The Balaban J connectivity index is 1.47. The number of nitrogens with zero attached hydrogens (tertiary/aromatic N) is 3. The molecule has 0 saturated carbocycles. The lowest BCUT2D eigenvalue weighted by atomic mass is 10.1. The van der Waals surface area contributed by atoms with E-state index in [2.05, 4.69) is 20.6 Å². The lowest BCUT2D eigenvalue weighted by molar-refractivity contribution is -0.137. The number of aromatic nitrogens is 2. The maximum Gasteiger partial charge on any atom is 0.416 e. The molecule has 1 aromatic carbocycles. The van der Waals surface area contributed by atoms with E-state index in [9.17, 15) is 18.0 Å². The molecule has 2 heterocycles. The van der Waals surface area contributed by atoms with Gasteiger partial charge in [-0.05, 0) is 30.5 Å². The Morgan fingerprint density at radius 2 is 1.89 bits per heavy atom. The van der Waals surface area contributed by atoms with Crippen LogP contribution in [0, 0.1) is 0 Å². The van der Waals surface area contributed by atoms with Crippen LogP contribution in [0.3, 0.4) is 0 Å². The van der Waals surface area contributed by atoms with Gasteiger partial charge in [0.05, 0.1) is 5.56 Å². The second kappa shape index (κ2) is 8.90. The Morgan fingerprint density at radius 1 is 1.11 bits per heavy atom. The number of amides is 1. The molecule has 1 aliphatic heterocycles. The van der Waals surface area contributed by atoms with Crippen molar-refractivity contribution >= 4 is 17.5 Å². The topological polar surface area (TPSA) is 70.2 Å². The molecule has 0 bridgehead atoms. The maximum absolute atomic E-state index is 12.8. The molecule has 1 aromatic heterocycles. The molecule has 6 nitrogen and oxygen atoms in total. The van der Waals surface area contributed by atoms with E-state index in [-0.39, 0.29) is 12.5 Å². The molecule has 150 valence electrons. The molecule has 2 aromatic rings. The fraction of sp³-hybridized carbons (Fsp3) is 0.421. The highest BCUT2D eigenvalue weighted by atomic mass is 19.4. The van der Waals surface area contributed by atoms with Gasteiger partial charge < -0.3 is 15.5 Å². The van der Waals surface area contributed by atoms with Gasteiger partial charge in [0.1, 0.15) is 18.0 Å². The number of likely N-dealkylation sites (tertiary alicyclic amines) is 1. The summed E-state index contributed by atoms with van der Waals surface area (Å²) in [5.74, 6) is 1.35. The zero-order chi connectivity index (χ0) is 20.0. The van der Waals surface area contributed by atoms with E-state index in [1.54, 1.807) is 12.1 Å². The van der Waals surface area contributed by atoms with E-state index in [1.807, 2.05) is 4.90 Å². The van der Waals surface area contributed by atoms with Crippen LogP contribution >= 0.6 is 0 Å². The molecule has 0 spiro atoms. The third kappa shape index (κ3) is 5.58. The highest BCUT2D eigenvalue weighted by Crippen LogP contribution is 2.29. The van der Waals surface area contributed by atoms with Crippen LogP contribution in [-0.2, 0) is 17.5 Å². The summed E-state index contributed by atoms with van der Waals surface area (Å²) >= 11 is 0. The summed E-state index contributed by atoms with van der Waals surface area (Å²) in [7, 11) is 0. The molecular weight excluding hydrogens is 371 g/mol. The molecule has 3 rings (SSSR count). The van der Waals surface area contributed by atoms with E-state index >= 15 is 0 Å². The molecule has 1 saturated heterocycles. The molecule has 1 fully saturated rings. The first-order valence-electron chi connectivity index (χ1n) is 9.15. The highest BCUT2D eigenvalue weighted by Gasteiger charge is 2.30. The Morgan fingerprint density at radius 3 is 2.61 bits per heavy atom. The van der Waals surface area contributed by atoms with Crippen molar-refractivity contribution < 1.29 is 18.0 Å². The Kier molecular flexibility index (Phi) is 6.33. The lowest BCUT2D eigenvalue weighted by Gasteiger charge is -2.15. The molecule has 1 amide bonds. The van der Waals surface area contributed by atoms with Crippen LogP contribution in [0.1, 0.15) is 30.4 Å². The molecule has 2 N–H and O–H groups in total. The summed E-state index contributed by atoms with van der Waals surface area (Å²) in [4.78, 5) is 21.7. The van der Waals surface area contributed by atoms with Crippen molar-refractivity contribution in [3.8, 4) is 0 Å². The minimum absolute atomic E-state index is 0.211. The summed E-state index contributed by atoms with van der Waals surface area (Å²) < 4.78 is 38.3. The second-order valence-corrected chi connectivity index (χ2v) is 6.60. The lowest BCUT2D eigenvalue weighted by Crippen LogP contribution is -2.27. The van der Waals surface area contributed by atoms with Gasteiger partial charge in [0.2, 0.25) is 5.91 Å². The standard InChI is InChI=1S/C19H22F3N5O/c20-19(21,22)15-5-1-4-14(10-15)12-24-17-11-16(25-13-26-17)23-7-3-9-27-8-2-6-18(27)28/h1,4-5,10-11,13H,2-3,6-9,12H2,(H2,23,24,25,26). The molecule has 0 unspecified atom stereocenters. The van der Waals surface area contributed by atoms with Gasteiger partial charge in [-0.1, -0.05) is 12.1 Å². The van der Waals surface area contributed by atoms with Gasteiger partial charge in [-0.25, -0.2) is 9.97 Å². The average molecular weight is 393 g/mol. The number of hydrogen-bond donors (Lipinski definition) is 2. The number of rotatable bonds is 8. The first-order valence-corrected chi connectivity index (χ1v) is 9.15. The zero-order valence-corrected chi connectivity index (χ0v) is 15.3. The Bertz CT molecular complexity index is 812. The number of nitrogens with one attached hydrogen (secondary N) is 2. The number of carbonyl (C=O) groups excluding carboxylic acids is 1. The highest BCUT2D eigenvalue weighted by molar-refractivity contribution is 5.78. The average Bonchev–Trinajstić information content (AvgIpc) is 3.08. The van der Waals surface area contributed by atoms with Gasteiger partial charge in [0, 0.05) is 38.7 Å². The van der Waals surface area contributed by atoms with Gasteiger partial charge in [-0.2, -0.15) is 13.2 Å². The molecule has 0 atom stereocenters. The number of benzene rings is 1. The fourth-order valence-corrected chi connectivity index (χ4v) is 3.03. The predicted octanol–water partition coefficient (Wildman–Crippen LogP) is 3.53. The summed E-state index contributed by atoms with van der Waals surface area (Å²) in [5.41, 5.74) is -0.161. The van der Waals surface area contributed by atoms with Crippen molar-refractivity contribution in [3.63, 3.8) is 0 Å². The molecule has 9 heteroatoms. The molecular formula is C19H22F3N5O. The van der Waals surface area contributed by atoms with Gasteiger partial charge in [0.15, 0.2) is 0 Å².